The van der Waals surface area contributed by atoms with Gasteiger partial charge in [0.05, 0.1) is 24.2 Å². The minimum atomic E-state index is -0.361. The van der Waals surface area contributed by atoms with Gasteiger partial charge in [-0.1, -0.05) is 23.4 Å². The van der Waals surface area contributed by atoms with Gasteiger partial charge in [-0.05, 0) is 36.8 Å². The Kier molecular flexibility index (Phi) is 5.83. The summed E-state index contributed by atoms with van der Waals surface area (Å²) < 4.78 is 22.1. The van der Waals surface area contributed by atoms with E-state index in [2.05, 4.69) is 20.6 Å². The Balaban J connectivity index is 1.50. The third-order valence-electron chi connectivity index (χ3n) is 6.30. The molecule has 3 heterocycles. The van der Waals surface area contributed by atoms with Crippen LogP contribution in [-0.4, -0.2) is 52.1 Å². The summed E-state index contributed by atoms with van der Waals surface area (Å²) in [4.78, 5) is 19.6. The number of aryl methyl sites for hydroxylation is 1. The van der Waals surface area contributed by atoms with Crippen molar-refractivity contribution in [2.45, 2.75) is 18.4 Å². The molecule has 4 aromatic rings. The van der Waals surface area contributed by atoms with Crippen LogP contribution in [0.2, 0.25) is 0 Å². The first-order chi connectivity index (χ1) is 16.5. The number of piperidine rings is 1. The number of ether oxygens (including phenoxy) is 1. The van der Waals surface area contributed by atoms with Crippen LogP contribution in [-0.2, 0) is 7.05 Å². The lowest BCUT2D eigenvalue weighted by atomic mass is 9.88. The number of nitrogens with one attached hydrogen (secondary N) is 1. The van der Waals surface area contributed by atoms with Crippen molar-refractivity contribution in [1.29, 1.82) is 0 Å². The Morgan fingerprint density at radius 1 is 1.18 bits per heavy atom. The van der Waals surface area contributed by atoms with Crippen LogP contribution in [0.5, 0.6) is 5.75 Å². The quantitative estimate of drug-likeness (QED) is 0.492. The van der Waals surface area contributed by atoms with Gasteiger partial charge in [0.15, 0.2) is 0 Å². The molecule has 1 saturated heterocycles. The molecule has 2 aromatic heterocycles. The molecule has 2 atom stereocenters. The molecule has 1 amide bonds. The normalized spacial score (nSPS) is 18.1. The molecule has 34 heavy (non-hydrogen) atoms. The van der Waals surface area contributed by atoms with Crippen molar-refractivity contribution in [3.63, 3.8) is 0 Å². The van der Waals surface area contributed by atoms with Gasteiger partial charge in [0.25, 0.3) is 5.91 Å². The second kappa shape index (κ2) is 9.09. The number of anilines is 1. The highest BCUT2D eigenvalue weighted by atomic mass is 19.1. The van der Waals surface area contributed by atoms with Crippen LogP contribution >= 0.6 is 0 Å². The topological polar surface area (TPSA) is 85.2 Å². The van der Waals surface area contributed by atoms with Gasteiger partial charge in [0.2, 0.25) is 0 Å². The molecule has 0 radical (unpaired) electrons. The second-order valence-electron chi connectivity index (χ2n) is 8.41. The lowest BCUT2D eigenvalue weighted by molar-refractivity contribution is 0.0927. The predicted molar refractivity (Wildman–Crippen MR) is 127 cm³/mol. The largest absolute Gasteiger partial charge is 0.496 e. The van der Waals surface area contributed by atoms with E-state index in [-0.39, 0.29) is 23.7 Å². The number of benzene rings is 2. The molecular weight excluding hydrogens is 435 g/mol. The van der Waals surface area contributed by atoms with Crippen molar-refractivity contribution in [1.82, 2.24) is 25.3 Å². The molecule has 1 unspecified atom stereocenters. The monoisotopic (exact) mass is 460 g/mol. The number of halogens is 1. The molecule has 8 nitrogen and oxygen atoms in total. The predicted octanol–water partition coefficient (Wildman–Crippen LogP) is 3.30. The fraction of sp³-hybridized carbons (Fsp3) is 0.280. The van der Waals surface area contributed by atoms with E-state index >= 15 is 0 Å². The summed E-state index contributed by atoms with van der Waals surface area (Å²) >= 11 is 0. The van der Waals surface area contributed by atoms with Crippen molar-refractivity contribution in [2.75, 3.05) is 25.1 Å². The number of hydrogen-bond donors (Lipinski definition) is 1. The standard InChI is InChI=1S/C25H25FN6O2/c1-31-14-21(29-30-31)17-11-13-32(15-20(17)28-25(33)16-6-4-3-5-7-16)24-23-18(10-12-27-24)22(34-2)9-8-19(23)26/h3-10,12,14,17,20H,11,13,15H2,1-2H3,(H,28,33)/t17?,20-/m0/s1. The van der Waals surface area contributed by atoms with E-state index in [0.29, 0.717) is 47.4 Å². The maximum absolute atomic E-state index is 15.0. The van der Waals surface area contributed by atoms with Gasteiger partial charge in [-0.25, -0.2) is 9.37 Å². The van der Waals surface area contributed by atoms with Gasteiger partial charge in [-0.2, -0.15) is 0 Å². The summed E-state index contributed by atoms with van der Waals surface area (Å²) in [5.41, 5.74) is 1.40. The molecule has 0 bridgehead atoms. The van der Waals surface area contributed by atoms with Crippen LogP contribution in [0.15, 0.2) is 60.9 Å². The Hall–Kier alpha value is -4.01. The third kappa shape index (κ3) is 4.05. The van der Waals surface area contributed by atoms with Gasteiger partial charge in [0.1, 0.15) is 17.4 Å². The lowest BCUT2D eigenvalue weighted by Crippen LogP contribution is -2.52. The Morgan fingerprint density at radius 3 is 2.74 bits per heavy atom. The van der Waals surface area contributed by atoms with E-state index in [1.165, 1.54) is 6.07 Å². The molecule has 0 saturated carbocycles. The van der Waals surface area contributed by atoms with Gasteiger partial charge in [-0.15, -0.1) is 5.10 Å². The number of pyridine rings is 1. The average molecular weight is 461 g/mol. The van der Waals surface area contributed by atoms with Gasteiger partial charge < -0.3 is 15.0 Å². The number of hydrogen-bond acceptors (Lipinski definition) is 6. The smallest absolute Gasteiger partial charge is 0.251 e. The summed E-state index contributed by atoms with van der Waals surface area (Å²) in [6.07, 6.45) is 4.23. The number of carbonyl (C=O) groups excluding carboxylic acids is 1. The van der Waals surface area contributed by atoms with Crippen LogP contribution in [0.4, 0.5) is 10.2 Å². The number of methoxy groups -OCH3 is 1. The first kappa shape index (κ1) is 21.8. The average Bonchev–Trinajstić information content (AvgIpc) is 3.30. The highest BCUT2D eigenvalue weighted by Crippen LogP contribution is 2.36. The van der Waals surface area contributed by atoms with Crippen LogP contribution in [0.25, 0.3) is 10.8 Å². The zero-order valence-electron chi connectivity index (χ0n) is 19.0. The van der Waals surface area contributed by atoms with E-state index in [4.69, 9.17) is 4.74 Å². The highest BCUT2D eigenvalue weighted by molar-refractivity contribution is 5.97. The molecule has 9 heteroatoms. The van der Waals surface area contributed by atoms with Gasteiger partial charge in [-0.3, -0.25) is 9.48 Å². The van der Waals surface area contributed by atoms with Crippen LogP contribution < -0.4 is 15.0 Å². The summed E-state index contributed by atoms with van der Waals surface area (Å²) in [6.45, 7) is 1.07. The highest BCUT2D eigenvalue weighted by Gasteiger charge is 2.35. The Labute approximate surface area is 196 Å². The Bertz CT molecular complexity index is 1330. The van der Waals surface area contributed by atoms with Crippen molar-refractivity contribution in [3.8, 4) is 5.75 Å². The maximum atomic E-state index is 15.0. The second-order valence-corrected chi connectivity index (χ2v) is 8.41. The van der Waals surface area contributed by atoms with Crippen molar-refractivity contribution < 1.29 is 13.9 Å². The molecule has 1 N–H and O–H groups in total. The van der Waals surface area contributed by atoms with E-state index in [1.807, 2.05) is 36.3 Å². The fourth-order valence-electron chi connectivity index (χ4n) is 4.65. The number of rotatable bonds is 5. The summed E-state index contributed by atoms with van der Waals surface area (Å²) in [5, 5.41) is 12.6. The first-order valence-corrected chi connectivity index (χ1v) is 11.1. The third-order valence-corrected chi connectivity index (χ3v) is 6.30. The van der Waals surface area contributed by atoms with Crippen LogP contribution in [0, 0.1) is 5.82 Å². The number of carbonyl (C=O) groups is 1. The summed E-state index contributed by atoms with van der Waals surface area (Å²) in [5.74, 6) is 0.556. The minimum Gasteiger partial charge on any atom is -0.496 e. The minimum absolute atomic E-state index is 0.0352. The Morgan fingerprint density at radius 2 is 2.00 bits per heavy atom. The molecule has 0 spiro atoms. The fourth-order valence-corrected chi connectivity index (χ4v) is 4.65. The molecule has 1 fully saturated rings. The molecular formula is C25H25FN6O2. The number of nitrogens with zero attached hydrogens (tertiary/aromatic N) is 5. The number of aromatic nitrogens is 4. The molecule has 5 rings (SSSR count). The van der Waals surface area contributed by atoms with E-state index in [1.54, 1.807) is 42.3 Å². The van der Waals surface area contributed by atoms with Gasteiger partial charge >= 0.3 is 0 Å². The first-order valence-electron chi connectivity index (χ1n) is 11.1. The zero-order valence-corrected chi connectivity index (χ0v) is 19.0. The summed E-state index contributed by atoms with van der Waals surface area (Å²) in [7, 11) is 3.38. The van der Waals surface area contributed by atoms with Crippen molar-refractivity contribution >= 4 is 22.5 Å². The molecule has 1 aliphatic rings. The van der Waals surface area contributed by atoms with Crippen LogP contribution in [0.1, 0.15) is 28.4 Å². The van der Waals surface area contributed by atoms with Gasteiger partial charge in [0, 0.05) is 49.4 Å². The maximum Gasteiger partial charge on any atom is 0.251 e. The molecule has 1 aliphatic heterocycles. The van der Waals surface area contributed by atoms with Crippen LogP contribution in [0.3, 0.4) is 0 Å². The number of amides is 1. The molecule has 0 aliphatic carbocycles. The van der Waals surface area contributed by atoms with E-state index < -0.39 is 0 Å². The summed E-state index contributed by atoms with van der Waals surface area (Å²) in [6, 6.07) is 13.6. The molecule has 174 valence electrons. The SMILES string of the molecule is COc1ccc(F)c2c(N3CCC(c4cn(C)nn4)[C@@H](NC(=O)c4ccccc4)C3)nccc12. The zero-order chi connectivity index (χ0) is 23.7. The van der Waals surface area contributed by atoms with E-state index in [0.717, 1.165) is 5.69 Å². The van der Waals surface area contributed by atoms with Crippen molar-refractivity contribution in [3.05, 3.63) is 78.0 Å². The van der Waals surface area contributed by atoms with Crippen molar-refractivity contribution in [2.24, 2.45) is 7.05 Å². The molecule has 2 aromatic carbocycles. The lowest BCUT2D eigenvalue weighted by Gasteiger charge is -2.39. The number of fused-ring (bicyclic) bond motifs is 1. The van der Waals surface area contributed by atoms with E-state index in [9.17, 15) is 9.18 Å².